The van der Waals surface area contributed by atoms with Crippen molar-refractivity contribution in [2.45, 2.75) is 12.6 Å². The van der Waals surface area contributed by atoms with Crippen molar-refractivity contribution in [3.8, 4) is 5.75 Å². The number of aliphatic hydroxyl groups is 1. The third kappa shape index (κ3) is 6.63. The van der Waals surface area contributed by atoms with E-state index in [4.69, 9.17) is 15.6 Å². The number of halogens is 3. The van der Waals surface area contributed by atoms with Crippen LogP contribution in [0.15, 0.2) is 24.3 Å². The van der Waals surface area contributed by atoms with Crippen LogP contribution in [0.1, 0.15) is 6.42 Å². The van der Waals surface area contributed by atoms with Gasteiger partial charge in [0.2, 0.25) is 0 Å². The molecule has 4 nitrogen and oxygen atoms in total. The Labute approximate surface area is 115 Å². The third-order valence-corrected chi connectivity index (χ3v) is 2.61. The molecule has 0 aromatic heterocycles. The first kappa shape index (κ1) is 16.6. The number of hydrogen-bond donors (Lipinski definition) is 2. The summed E-state index contributed by atoms with van der Waals surface area (Å²) in [7, 11) is 0. The van der Waals surface area contributed by atoms with Gasteiger partial charge in [-0.25, -0.2) is 0 Å². The molecule has 0 unspecified atom stereocenters. The second kappa shape index (κ2) is 7.96. The van der Waals surface area contributed by atoms with Gasteiger partial charge in [-0.15, -0.1) is 0 Å². The second-order valence-corrected chi connectivity index (χ2v) is 4.35. The van der Waals surface area contributed by atoms with Crippen molar-refractivity contribution >= 4 is 5.69 Å². The van der Waals surface area contributed by atoms with Crippen LogP contribution < -0.4 is 10.5 Å². The molecule has 0 aliphatic heterocycles. The molecule has 7 heteroatoms. The van der Waals surface area contributed by atoms with E-state index in [9.17, 15) is 13.2 Å². The molecule has 0 saturated heterocycles. The molecule has 0 fully saturated rings. The van der Waals surface area contributed by atoms with Gasteiger partial charge < -0.3 is 15.6 Å². The predicted octanol–water partition coefficient (Wildman–Crippen LogP) is 1.89. The fourth-order valence-electron chi connectivity index (χ4n) is 1.75. The van der Waals surface area contributed by atoms with Gasteiger partial charge in [0.15, 0.2) is 0 Å². The van der Waals surface area contributed by atoms with Gasteiger partial charge in [-0.05, 0) is 18.6 Å². The van der Waals surface area contributed by atoms with E-state index in [0.717, 1.165) is 4.90 Å². The number of nitrogens with zero attached hydrogens (tertiary/aromatic N) is 1. The Hall–Kier alpha value is -1.47. The zero-order valence-corrected chi connectivity index (χ0v) is 11.1. The maximum absolute atomic E-state index is 12.3. The Balaban J connectivity index is 2.32. The van der Waals surface area contributed by atoms with Gasteiger partial charge in [0.1, 0.15) is 5.75 Å². The number of nitrogen functional groups attached to an aromatic ring is 1. The molecule has 0 aliphatic carbocycles. The van der Waals surface area contributed by atoms with Gasteiger partial charge in [0, 0.05) is 13.1 Å². The monoisotopic (exact) mass is 292 g/mol. The minimum absolute atomic E-state index is 0.00696. The summed E-state index contributed by atoms with van der Waals surface area (Å²) in [6, 6.07) is 6.94. The van der Waals surface area contributed by atoms with Gasteiger partial charge >= 0.3 is 6.18 Å². The maximum Gasteiger partial charge on any atom is 0.401 e. The van der Waals surface area contributed by atoms with Gasteiger partial charge in [-0.1, -0.05) is 12.1 Å². The van der Waals surface area contributed by atoms with Crippen LogP contribution in [0, 0.1) is 0 Å². The highest BCUT2D eigenvalue weighted by Gasteiger charge is 2.30. The molecule has 0 amide bonds. The number of alkyl halides is 3. The van der Waals surface area contributed by atoms with Gasteiger partial charge in [0.25, 0.3) is 0 Å². The maximum atomic E-state index is 12.3. The van der Waals surface area contributed by atoms with Crippen molar-refractivity contribution in [1.82, 2.24) is 4.90 Å². The largest absolute Gasteiger partial charge is 0.491 e. The molecule has 114 valence electrons. The summed E-state index contributed by atoms with van der Waals surface area (Å²) in [6.07, 6.45) is -3.84. The van der Waals surface area contributed by atoms with Crippen molar-refractivity contribution in [3.05, 3.63) is 24.3 Å². The van der Waals surface area contributed by atoms with Gasteiger partial charge in [-0.2, -0.15) is 13.2 Å². The van der Waals surface area contributed by atoms with Crippen molar-refractivity contribution in [2.24, 2.45) is 0 Å². The third-order valence-electron chi connectivity index (χ3n) is 2.61. The molecule has 0 atom stereocenters. The van der Waals surface area contributed by atoms with Crippen molar-refractivity contribution < 1.29 is 23.0 Å². The van der Waals surface area contributed by atoms with Crippen LogP contribution in [0.4, 0.5) is 18.9 Å². The van der Waals surface area contributed by atoms with Crippen LogP contribution in [-0.4, -0.2) is 49.0 Å². The molecular formula is C13H19F3N2O2. The first-order chi connectivity index (χ1) is 9.42. The van der Waals surface area contributed by atoms with E-state index in [-0.39, 0.29) is 26.3 Å². The van der Waals surface area contributed by atoms with Crippen molar-refractivity contribution in [1.29, 1.82) is 0 Å². The van der Waals surface area contributed by atoms with E-state index in [1.165, 1.54) is 0 Å². The van der Waals surface area contributed by atoms with Crippen LogP contribution in [0.3, 0.4) is 0 Å². The Bertz CT molecular complexity index is 399. The average Bonchev–Trinajstić information content (AvgIpc) is 2.35. The van der Waals surface area contributed by atoms with Crippen molar-refractivity contribution in [2.75, 3.05) is 38.6 Å². The van der Waals surface area contributed by atoms with E-state index in [1.54, 1.807) is 24.3 Å². The summed E-state index contributed by atoms with van der Waals surface area (Å²) in [5.74, 6) is 0.525. The summed E-state index contributed by atoms with van der Waals surface area (Å²) in [5.41, 5.74) is 6.17. The average molecular weight is 292 g/mol. The number of rotatable bonds is 8. The number of hydrogen-bond acceptors (Lipinski definition) is 4. The van der Waals surface area contributed by atoms with E-state index < -0.39 is 12.7 Å². The van der Waals surface area contributed by atoms with Crippen LogP contribution in [0.2, 0.25) is 0 Å². The van der Waals surface area contributed by atoms with E-state index in [1.807, 2.05) is 0 Å². The van der Waals surface area contributed by atoms with Crippen LogP contribution >= 0.6 is 0 Å². The Morgan fingerprint density at radius 2 is 1.90 bits per heavy atom. The number of anilines is 1. The minimum atomic E-state index is -4.26. The lowest BCUT2D eigenvalue weighted by Crippen LogP contribution is -2.37. The van der Waals surface area contributed by atoms with Gasteiger partial charge in [0.05, 0.1) is 25.4 Å². The number of nitrogens with two attached hydrogens (primary N) is 1. The normalized spacial score (nSPS) is 11.8. The Morgan fingerprint density at radius 1 is 1.20 bits per heavy atom. The van der Waals surface area contributed by atoms with Gasteiger partial charge in [-0.3, -0.25) is 4.90 Å². The molecule has 0 radical (unpaired) electrons. The highest BCUT2D eigenvalue weighted by atomic mass is 19.4. The fraction of sp³-hybridized carbons (Fsp3) is 0.538. The minimum Gasteiger partial charge on any atom is -0.491 e. The van der Waals surface area contributed by atoms with Crippen molar-refractivity contribution in [3.63, 3.8) is 0 Å². The molecule has 0 heterocycles. The van der Waals surface area contributed by atoms with E-state index in [0.29, 0.717) is 17.9 Å². The summed E-state index contributed by atoms with van der Waals surface area (Å²) >= 11 is 0. The standard InChI is InChI=1S/C13H19F3N2O2/c14-13(15,16)10-18(7-8-19)6-3-9-20-12-5-2-1-4-11(12)17/h1-2,4-5,19H,3,6-10,17H2. The molecule has 0 saturated carbocycles. The van der Waals surface area contributed by atoms with Crippen LogP contribution in [0.5, 0.6) is 5.75 Å². The Kier molecular flexibility index (Phi) is 6.60. The molecular weight excluding hydrogens is 273 g/mol. The molecule has 0 bridgehead atoms. The summed E-state index contributed by atoms with van der Waals surface area (Å²) in [6.45, 7) is -0.864. The van der Waals surface area contributed by atoms with Crippen LogP contribution in [-0.2, 0) is 0 Å². The fourth-order valence-corrected chi connectivity index (χ4v) is 1.75. The first-order valence-electron chi connectivity index (χ1n) is 6.29. The number of para-hydroxylation sites is 2. The predicted molar refractivity (Wildman–Crippen MR) is 70.5 cm³/mol. The quantitative estimate of drug-likeness (QED) is 0.567. The van der Waals surface area contributed by atoms with Crippen LogP contribution in [0.25, 0.3) is 0 Å². The molecule has 20 heavy (non-hydrogen) atoms. The lowest BCUT2D eigenvalue weighted by Gasteiger charge is -2.22. The molecule has 0 aliphatic rings. The first-order valence-corrected chi connectivity index (χ1v) is 6.29. The summed E-state index contributed by atoms with van der Waals surface area (Å²) in [5, 5.41) is 8.75. The molecule has 1 aromatic carbocycles. The summed E-state index contributed by atoms with van der Waals surface area (Å²) in [4.78, 5) is 1.15. The van der Waals surface area contributed by atoms with E-state index in [2.05, 4.69) is 0 Å². The molecule has 0 spiro atoms. The zero-order chi connectivity index (χ0) is 15.0. The molecule has 1 rings (SSSR count). The molecule has 3 N–H and O–H groups in total. The highest BCUT2D eigenvalue weighted by Crippen LogP contribution is 2.20. The van der Waals surface area contributed by atoms with E-state index >= 15 is 0 Å². The number of aliphatic hydroxyl groups excluding tert-OH is 1. The summed E-state index contributed by atoms with van der Waals surface area (Å²) < 4.78 is 42.3. The lowest BCUT2D eigenvalue weighted by atomic mass is 10.3. The molecule has 1 aromatic rings. The number of ether oxygens (including phenoxy) is 1. The highest BCUT2D eigenvalue weighted by molar-refractivity contribution is 5.51. The number of benzene rings is 1. The Morgan fingerprint density at radius 3 is 2.50 bits per heavy atom. The topological polar surface area (TPSA) is 58.7 Å². The lowest BCUT2D eigenvalue weighted by molar-refractivity contribution is -0.147. The SMILES string of the molecule is Nc1ccccc1OCCCN(CCO)CC(F)(F)F. The second-order valence-electron chi connectivity index (χ2n) is 4.35. The smallest absolute Gasteiger partial charge is 0.401 e. The zero-order valence-electron chi connectivity index (χ0n) is 11.1.